The van der Waals surface area contributed by atoms with Gasteiger partial charge in [0.2, 0.25) is 6.08 Å². The van der Waals surface area contributed by atoms with Gasteiger partial charge in [0.15, 0.2) is 0 Å². The zero-order valence-electron chi connectivity index (χ0n) is 6.69. The zero-order valence-corrected chi connectivity index (χ0v) is 6.69. The van der Waals surface area contributed by atoms with E-state index in [-0.39, 0.29) is 11.8 Å². The van der Waals surface area contributed by atoms with Gasteiger partial charge in [-0.1, -0.05) is 12.1 Å². The van der Waals surface area contributed by atoms with Crippen LogP contribution in [-0.2, 0) is 4.79 Å². The van der Waals surface area contributed by atoms with Crippen molar-refractivity contribution in [2.24, 2.45) is 4.99 Å². The molecule has 0 bridgehead atoms. The summed E-state index contributed by atoms with van der Waals surface area (Å²) >= 11 is 0. The van der Waals surface area contributed by atoms with Crippen molar-refractivity contribution in [2.75, 3.05) is 0 Å². The molecule has 0 aromatic heterocycles. The summed E-state index contributed by atoms with van der Waals surface area (Å²) in [5.74, 6) is 0.181. The van der Waals surface area contributed by atoms with Crippen LogP contribution in [0.4, 0.5) is 0 Å². The minimum atomic E-state index is -0.241. The molecular formula is C9H9NO2. The van der Waals surface area contributed by atoms with Gasteiger partial charge in [0.1, 0.15) is 5.75 Å². The van der Waals surface area contributed by atoms with Crippen molar-refractivity contribution < 1.29 is 9.90 Å². The molecule has 1 rings (SSSR count). The van der Waals surface area contributed by atoms with Crippen molar-refractivity contribution in [3.63, 3.8) is 0 Å². The molecule has 3 heteroatoms. The number of carbonyl (C=O) groups excluding carboxylic acids is 1. The fourth-order valence-corrected chi connectivity index (χ4v) is 0.938. The molecule has 1 atom stereocenters. The third-order valence-corrected chi connectivity index (χ3v) is 1.60. The molecule has 1 aromatic carbocycles. The lowest BCUT2D eigenvalue weighted by Crippen LogP contribution is -1.87. The maximum Gasteiger partial charge on any atom is 0.235 e. The molecule has 1 aromatic rings. The Bertz CT molecular complexity index is 316. The summed E-state index contributed by atoms with van der Waals surface area (Å²) in [5.41, 5.74) is 0.804. The first-order chi connectivity index (χ1) is 5.74. The van der Waals surface area contributed by atoms with E-state index in [2.05, 4.69) is 4.99 Å². The van der Waals surface area contributed by atoms with Crippen LogP contribution in [0.25, 0.3) is 0 Å². The smallest absolute Gasteiger partial charge is 0.235 e. The van der Waals surface area contributed by atoms with Gasteiger partial charge in [0.05, 0.1) is 6.04 Å². The third kappa shape index (κ3) is 1.94. The number of phenols is 1. The lowest BCUT2D eigenvalue weighted by molar-refractivity contribution is 0.474. The van der Waals surface area contributed by atoms with Crippen molar-refractivity contribution in [3.05, 3.63) is 29.8 Å². The molecule has 0 amide bonds. The summed E-state index contributed by atoms with van der Waals surface area (Å²) in [6, 6.07) is 6.41. The van der Waals surface area contributed by atoms with Crippen molar-refractivity contribution in [1.29, 1.82) is 0 Å². The van der Waals surface area contributed by atoms with Gasteiger partial charge in [0.25, 0.3) is 0 Å². The Morgan fingerprint density at radius 2 is 2.33 bits per heavy atom. The van der Waals surface area contributed by atoms with Crippen LogP contribution in [0.3, 0.4) is 0 Å². The van der Waals surface area contributed by atoms with Gasteiger partial charge in [-0.2, -0.15) is 4.99 Å². The fraction of sp³-hybridized carbons (Fsp3) is 0.222. The Morgan fingerprint density at radius 3 is 2.92 bits per heavy atom. The highest BCUT2D eigenvalue weighted by Gasteiger charge is 2.02. The minimum Gasteiger partial charge on any atom is -0.508 e. The molecule has 0 fully saturated rings. The maximum absolute atomic E-state index is 9.92. The molecule has 0 aliphatic heterocycles. The fourth-order valence-electron chi connectivity index (χ4n) is 0.938. The number of hydrogen-bond donors (Lipinski definition) is 1. The topological polar surface area (TPSA) is 49.7 Å². The van der Waals surface area contributed by atoms with Gasteiger partial charge in [-0.05, 0) is 24.6 Å². The van der Waals surface area contributed by atoms with Crippen LogP contribution in [0.2, 0.25) is 0 Å². The Hall–Kier alpha value is -1.60. The van der Waals surface area contributed by atoms with E-state index >= 15 is 0 Å². The minimum absolute atomic E-state index is 0.181. The van der Waals surface area contributed by atoms with E-state index in [1.165, 1.54) is 6.08 Å². The number of rotatable bonds is 2. The van der Waals surface area contributed by atoms with Gasteiger partial charge in [0, 0.05) is 0 Å². The van der Waals surface area contributed by atoms with E-state index in [9.17, 15) is 4.79 Å². The first-order valence-corrected chi connectivity index (χ1v) is 3.60. The second-order valence-corrected chi connectivity index (χ2v) is 2.49. The predicted molar refractivity (Wildman–Crippen MR) is 44.6 cm³/mol. The molecule has 0 radical (unpaired) electrons. The van der Waals surface area contributed by atoms with E-state index in [1.807, 2.05) is 0 Å². The third-order valence-electron chi connectivity index (χ3n) is 1.60. The number of benzene rings is 1. The van der Waals surface area contributed by atoms with Crippen LogP contribution in [0, 0.1) is 0 Å². The molecule has 3 nitrogen and oxygen atoms in total. The Morgan fingerprint density at radius 1 is 1.58 bits per heavy atom. The molecular weight excluding hydrogens is 154 g/mol. The molecule has 0 saturated carbocycles. The summed E-state index contributed by atoms with van der Waals surface area (Å²) in [4.78, 5) is 13.4. The van der Waals surface area contributed by atoms with Crippen LogP contribution in [0.5, 0.6) is 5.75 Å². The SMILES string of the molecule is CC(N=C=O)c1cccc(O)c1. The molecule has 0 heterocycles. The lowest BCUT2D eigenvalue weighted by Gasteiger charge is -2.03. The quantitative estimate of drug-likeness (QED) is 0.533. The highest BCUT2D eigenvalue weighted by molar-refractivity contribution is 5.36. The van der Waals surface area contributed by atoms with E-state index in [1.54, 1.807) is 31.2 Å². The summed E-state index contributed by atoms with van der Waals surface area (Å²) < 4.78 is 0. The van der Waals surface area contributed by atoms with Crippen molar-refractivity contribution >= 4 is 6.08 Å². The van der Waals surface area contributed by atoms with E-state index in [0.717, 1.165) is 5.56 Å². The van der Waals surface area contributed by atoms with Gasteiger partial charge in [-0.3, -0.25) is 0 Å². The average Bonchev–Trinajstić information content (AvgIpc) is 2.05. The summed E-state index contributed by atoms with van der Waals surface area (Å²) in [7, 11) is 0. The number of hydrogen-bond acceptors (Lipinski definition) is 3. The normalized spacial score (nSPS) is 11.8. The highest BCUT2D eigenvalue weighted by atomic mass is 16.3. The second-order valence-electron chi connectivity index (χ2n) is 2.49. The first-order valence-electron chi connectivity index (χ1n) is 3.60. The Labute approximate surface area is 70.4 Å². The molecule has 0 spiro atoms. The van der Waals surface area contributed by atoms with Crippen molar-refractivity contribution in [3.8, 4) is 5.75 Å². The number of isocyanates is 1. The first kappa shape index (κ1) is 8.50. The van der Waals surface area contributed by atoms with Gasteiger partial charge in [-0.15, -0.1) is 0 Å². The predicted octanol–water partition coefficient (Wildman–Crippen LogP) is 1.79. The van der Waals surface area contributed by atoms with Crippen LogP contribution in [-0.4, -0.2) is 11.2 Å². The monoisotopic (exact) mass is 163 g/mol. The lowest BCUT2D eigenvalue weighted by atomic mass is 10.1. The molecule has 1 N–H and O–H groups in total. The van der Waals surface area contributed by atoms with E-state index in [0.29, 0.717) is 0 Å². The number of aromatic hydroxyl groups is 1. The molecule has 1 unspecified atom stereocenters. The number of nitrogens with zero attached hydrogens (tertiary/aromatic N) is 1. The Balaban J connectivity index is 2.94. The molecule has 0 aliphatic rings. The summed E-state index contributed by atoms with van der Waals surface area (Å²) in [5, 5.41) is 9.09. The van der Waals surface area contributed by atoms with Gasteiger partial charge in [-0.25, -0.2) is 4.79 Å². The molecule has 0 aliphatic carbocycles. The van der Waals surface area contributed by atoms with Crippen LogP contribution in [0.1, 0.15) is 18.5 Å². The van der Waals surface area contributed by atoms with Crippen LogP contribution in [0.15, 0.2) is 29.3 Å². The van der Waals surface area contributed by atoms with Crippen LogP contribution >= 0.6 is 0 Å². The van der Waals surface area contributed by atoms with Crippen molar-refractivity contribution in [1.82, 2.24) is 0 Å². The summed E-state index contributed by atoms with van der Waals surface area (Å²) in [6.07, 6.45) is 1.48. The molecule has 12 heavy (non-hydrogen) atoms. The van der Waals surface area contributed by atoms with Crippen LogP contribution < -0.4 is 0 Å². The second kappa shape index (κ2) is 3.69. The molecule has 0 saturated heterocycles. The standard InChI is InChI=1S/C9H9NO2/c1-7(10-6-11)8-3-2-4-9(12)5-8/h2-5,7,12H,1H3. The van der Waals surface area contributed by atoms with E-state index in [4.69, 9.17) is 5.11 Å². The van der Waals surface area contributed by atoms with Gasteiger partial charge >= 0.3 is 0 Å². The number of phenolic OH excluding ortho intramolecular Hbond substituents is 1. The average molecular weight is 163 g/mol. The Kier molecular flexibility index (Phi) is 2.62. The molecule has 62 valence electrons. The summed E-state index contributed by atoms with van der Waals surface area (Å²) in [6.45, 7) is 1.76. The number of aliphatic imine (C=N–C) groups is 1. The van der Waals surface area contributed by atoms with Crippen molar-refractivity contribution in [2.45, 2.75) is 13.0 Å². The van der Waals surface area contributed by atoms with E-state index < -0.39 is 0 Å². The van der Waals surface area contributed by atoms with Gasteiger partial charge < -0.3 is 5.11 Å². The maximum atomic E-state index is 9.92. The highest BCUT2D eigenvalue weighted by Crippen LogP contribution is 2.19. The largest absolute Gasteiger partial charge is 0.508 e. The zero-order chi connectivity index (χ0) is 8.97.